The van der Waals surface area contributed by atoms with E-state index in [0.29, 0.717) is 22.4 Å². The molecule has 0 aliphatic rings. The van der Waals surface area contributed by atoms with E-state index < -0.39 is 0 Å². The normalized spacial score (nSPS) is 10.6. The SMILES string of the molecule is Clc1ccc(COc2cncc(-c3cccs3)c2)c(Cl)c1. The van der Waals surface area contributed by atoms with Gasteiger partial charge in [0.15, 0.2) is 0 Å². The van der Waals surface area contributed by atoms with Gasteiger partial charge in [-0.3, -0.25) is 4.98 Å². The molecule has 0 saturated heterocycles. The maximum Gasteiger partial charge on any atom is 0.138 e. The van der Waals surface area contributed by atoms with Crippen molar-refractivity contribution in [1.82, 2.24) is 4.98 Å². The van der Waals surface area contributed by atoms with Crippen LogP contribution < -0.4 is 4.74 Å². The first-order valence-electron chi connectivity index (χ1n) is 6.28. The van der Waals surface area contributed by atoms with Crippen molar-refractivity contribution in [2.45, 2.75) is 6.61 Å². The molecule has 2 aromatic heterocycles. The van der Waals surface area contributed by atoms with Crippen LogP contribution in [0, 0.1) is 0 Å². The molecule has 0 fully saturated rings. The Kier molecular flexibility index (Phi) is 4.44. The number of nitrogens with zero attached hydrogens (tertiary/aromatic N) is 1. The van der Waals surface area contributed by atoms with Gasteiger partial charge < -0.3 is 4.74 Å². The molecule has 106 valence electrons. The molecule has 21 heavy (non-hydrogen) atoms. The van der Waals surface area contributed by atoms with Gasteiger partial charge in [-0.25, -0.2) is 0 Å². The van der Waals surface area contributed by atoms with Crippen LogP contribution in [0.25, 0.3) is 10.4 Å². The average molecular weight is 336 g/mol. The van der Waals surface area contributed by atoms with E-state index in [9.17, 15) is 0 Å². The first-order chi connectivity index (χ1) is 10.2. The highest BCUT2D eigenvalue weighted by molar-refractivity contribution is 7.13. The Morgan fingerprint density at radius 2 is 2.00 bits per heavy atom. The molecule has 3 rings (SSSR count). The second kappa shape index (κ2) is 6.48. The van der Waals surface area contributed by atoms with E-state index in [1.807, 2.05) is 29.8 Å². The van der Waals surface area contributed by atoms with Gasteiger partial charge in [0.25, 0.3) is 0 Å². The zero-order valence-electron chi connectivity index (χ0n) is 10.9. The molecule has 5 heteroatoms. The molecule has 0 aliphatic heterocycles. The quantitative estimate of drug-likeness (QED) is 0.610. The third-order valence-electron chi connectivity index (χ3n) is 2.93. The zero-order valence-corrected chi connectivity index (χ0v) is 13.3. The van der Waals surface area contributed by atoms with Gasteiger partial charge in [0, 0.05) is 32.2 Å². The van der Waals surface area contributed by atoms with Crippen molar-refractivity contribution in [3.05, 3.63) is 69.8 Å². The summed E-state index contributed by atoms with van der Waals surface area (Å²) >= 11 is 13.7. The molecule has 3 aromatic rings. The Balaban J connectivity index is 1.75. The lowest BCUT2D eigenvalue weighted by Crippen LogP contribution is -1.97. The highest BCUT2D eigenvalue weighted by Gasteiger charge is 2.05. The van der Waals surface area contributed by atoms with E-state index in [1.165, 1.54) is 0 Å². The highest BCUT2D eigenvalue weighted by atomic mass is 35.5. The number of aromatic nitrogens is 1. The molecule has 0 bridgehead atoms. The number of halogens is 2. The summed E-state index contributed by atoms with van der Waals surface area (Å²) in [6.45, 7) is 0.381. The fraction of sp³-hybridized carbons (Fsp3) is 0.0625. The van der Waals surface area contributed by atoms with Crippen molar-refractivity contribution in [2.24, 2.45) is 0 Å². The molecule has 2 heterocycles. The van der Waals surface area contributed by atoms with Crippen LogP contribution in [0.5, 0.6) is 5.75 Å². The van der Waals surface area contributed by atoms with Crippen molar-refractivity contribution in [3.63, 3.8) is 0 Å². The first-order valence-corrected chi connectivity index (χ1v) is 7.91. The Morgan fingerprint density at radius 1 is 1.10 bits per heavy atom. The predicted molar refractivity (Wildman–Crippen MR) is 88.3 cm³/mol. The Morgan fingerprint density at radius 3 is 2.76 bits per heavy atom. The van der Waals surface area contributed by atoms with Crippen molar-refractivity contribution >= 4 is 34.5 Å². The first kappa shape index (κ1) is 14.4. The zero-order chi connectivity index (χ0) is 14.7. The van der Waals surface area contributed by atoms with Gasteiger partial charge in [-0.15, -0.1) is 11.3 Å². The van der Waals surface area contributed by atoms with Crippen LogP contribution in [0.2, 0.25) is 10.0 Å². The summed E-state index contributed by atoms with van der Waals surface area (Å²) in [5.74, 6) is 0.715. The monoisotopic (exact) mass is 335 g/mol. The van der Waals surface area contributed by atoms with E-state index in [4.69, 9.17) is 27.9 Å². The number of hydrogen-bond donors (Lipinski definition) is 0. The summed E-state index contributed by atoms with van der Waals surface area (Å²) in [4.78, 5) is 5.38. The second-order valence-electron chi connectivity index (χ2n) is 4.41. The van der Waals surface area contributed by atoms with Crippen LogP contribution in [-0.4, -0.2) is 4.98 Å². The van der Waals surface area contributed by atoms with Gasteiger partial charge in [0.1, 0.15) is 12.4 Å². The van der Waals surface area contributed by atoms with E-state index in [2.05, 4.69) is 11.1 Å². The number of thiophene rings is 1. The summed E-state index contributed by atoms with van der Waals surface area (Å²) < 4.78 is 5.77. The van der Waals surface area contributed by atoms with E-state index in [-0.39, 0.29) is 0 Å². The molecule has 0 spiro atoms. The van der Waals surface area contributed by atoms with E-state index >= 15 is 0 Å². The minimum Gasteiger partial charge on any atom is -0.487 e. The van der Waals surface area contributed by atoms with Gasteiger partial charge in [-0.05, 0) is 29.6 Å². The maximum atomic E-state index is 6.13. The highest BCUT2D eigenvalue weighted by Crippen LogP contribution is 2.27. The predicted octanol–water partition coefficient (Wildman–Crippen LogP) is 5.70. The summed E-state index contributed by atoms with van der Waals surface area (Å²) in [6.07, 6.45) is 3.52. The van der Waals surface area contributed by atoms with Gasteiger partial charge in [0.05, 0.1) is 6.20 Å². The fourth-order valence-corrected chi connectivity index (χ4v) is 3.05. The maximum absolute atomic E-state index is 6.13. The van der Waals surface area contributed by atoms with Gasteiger partial charge in [-0.1, -0.05) is 35.3 Å². The fourth-order valence-electron chi connectivity index (χ4n) is 1.88. The van der Waals surface area contributed by atoms with Crippen molar-refractivity contribution in [1.29, 1.82) is 0 Å². The largest absolute Gasteiger partial charge is 0.487 e. The smallest absolute Gasteiger partial charge is 0.138 e. The Bertz CT molecular complexity index is 744. The van der Waals surface area contributed by atoms with E-state index in [0.717, 1.165) is 16.0 Å². The minimum absolute atomic E-state index is 0.381. The van der Waals surface area contributed by atoms with Crippen molar-refractivity contribution < 1.29 is 4.74 Å². The van der Waals surface area contributed by atoms with Gasteiger partial charge in [-0.2, -0.15) is 0 Å². The van der Waals surface area contributed by atoms with Crippen molar-refractivity contribution in [2.75, 3.05) is 0 Å². The number of rotatable bonds is 4. The molecular weight excluding hydrogens is 325 g/mol. The number of pyridine rings is 1. The van der Waals surface area contributed by atoms with Crippen LogP contribution in [0.3, 0.4) is 0 Å². The summed E-state index contributed by atoms with van der Waals surface area (Å²) in [5.41, 5.74) is 1.94. The molecule has 0 amide bonds. The molecule has 2 nitrogen and oxygen atoms in total. The molecule has 0 aliphatic carbocycles. The third kappa shape index (κ3) is 3.56. The summed E-state index contributed by atoms with van der Waals surface area (Å²) in [7, 11) is 0. The molecule has 0 atom stereocenters. The third-order valence-corrected chi connectivity index (χ3v) is 4.43. The number of benzene rings is 1. The van der Waals surface area contributed by atoms with Crippen LogP contribution in [0.1, 0.15) is 5.56 Å². The lowest BCUT2D eigenvalue weighted by molar-refractivity contribution is 0.305. The van der Waals surface area contributed by atoms with Crippen LogP contribution in [0.4, 0.5) is 0 Å². The molecule has 0 saturated carbocycles. The molecule has 0 radical (unpaired) electrons. The standard InChI is InChI=1S/C16H11Cl2NOS/c17-13-4-3-11(15(18)7-13)10-20-14-6-12(8-19-9-14)16-2-1-5-21-16/h1-9H,10H2. The summed E-state index contributed by atoms with van der Waals surface area (Å²) in [5, 5.41) is 3.26. The van der Waals surface area contributed by atoms with Gasteiger partial charge >= 0.3 is 0 Å². The second-order valence-corrected chi connectivity index (χ2v) is 6.20. The number of ether oxygens (including phenoxy) is 1. The average Bonchev–Trinajstić information content (AvgIpc) is 3.01. The van der Waals surface area contributed by atoms with E-state index in [1.54, 1.807) is 29.7 Å². The molecular formula is C16H11Cl2NOS. The van der Waals surface area contributed by atoms with Crippen LogP contribution in [-0.2, 0) is 6.61 Å². The number of hydrogen-bond acceptors (Lipinski definition) is 3. The Hall–Kier alpha value is -1.55. The van der Waals surface area contributed by atoms with Crippen molar-refractivity contribution in [3.8, 4) is 16.2 Å². The lowest BCUT2D eigenvalue weighted by atomic mass is 10.2. The van der Waals surface area contributed by atoms with Gasteiger partial charge in [0.2, 0.25) is 0 Å². The van der Waals surface area contributed by atoms with Crippen LogP contribution >= 0.6 is 34.5 Å². The molecule has 0 N–H and O–H groups in total. The minimum atomic E-state index is 0.381. The Labute approximate surface area is 136 Å². The lowest BCUT2D eigenvalue weighted by Gasteiger charge is -2.08. The summed E-state index contributed by atoms with van der Waals surface area (Å²) in [6, 6.07) is 11.4. The topological polar surface area (TPSA) is 22.1 Å². The molecule has 1 aromatic carbocycles. The van der Waals surface area contributed by atoms with Crippen LogP contribution in [0.15, 0.2) is 54.2 Å². The molecule has 0 unspecified atom stereocenters.